The first kappa shape index (κ1) is 17.4. The topological polar surface area (TPSA) is 88.3 Å². The molecular weight excluding hydrogens is 288 g/mol. The Morgan fingerprint density at radius 1 is 1.33 bits per heavy atom. The van der Waals surface area contributed by atoms with E-state index in [0.29, 0.717) is 29.3 Å². The molecule has 3 amide bonds. The van der Waals surface area contributed by atoms with Gasteiger partial charge in [-0.15, -0.1) is 0 Å². The normalized spacial score (nSPS) is 12.0. The molecule has 1 unspecified atom stereocenters. The molecule has 1 aromatic rings. The maximum atomic E-state index is 12.1. The number of rotatable bonds is 7. The Bertz CT molecular complexity index is 497. The summed E-state index contributed by atoms with van der Waals surface area (Å²) in [6, 6.07) is -0.235. The first-order valence-electron chi connectivity index (χ1n) is 7.31. The van der Waals surface area contributed by atoms with Crippen molar-refractivity contribution in [2.24, 2.45) is 5.73 Å². The van der Waals surface area contributed by atoms with Crippen LogP contribution >= 0.6 is 11.5 Å². The van der Waals surface area contributed by atoms with E-state index in [1.165, 1.54) is 0 Å². The van der Waals surface area contributed by atoms with Gasteiger partial charge in [0, 0.05) is 19.0 Å². The van der Waals surface area contributed by atoms with Gasteiger partial charge in [0.15, 0.2) is 0 Å². The molecule has 0 aromatic carbocycles. The average molecular weight is 312 g/mol. The van der Waals surface area contributed by atoms with Gasteiger partial charge >= 0.3 is 6.03 Å². The molecule has 0 spiro atoms. The smallest absolute Gasteiger partial charge is 0.322 e. The van der Waals surface area contributed by atoms with Gasteiger partial charge in [-0.25, -0.2) is 4.79 Å². The first-order valence-corrected chi connectivity index (χ1v) is 8.08. The van der Waals surface area contributed by atoms with Crippen LogP contribution in [0.1, 0.15) is 62.5 Å². The third-order valence-electron chi connectivity index (χ3n) is 3.42. The van der Waals surface area contributed by atoms with Crippen molar-refractivity contribution < 1.29 is 9.59 Å². The molecule has 0 aliphatic heterocycles. The van der Waals surface area contributed by atoms with Gasteiger partial charge in [0.25, 0.3) is 5.91 Å². The minimum Gasteiger partial charge on any atom is -0.365 e. The minimum absolute atomic E-state index is 0.146. The van der Waals surface area contributed by atoms with Crippen LogP contribution in [0.25, 0.3) is 0 Å². The number of anilines is 1. The Labute approximate surface area is 129 Å². The standard InChI is InChI=1S/C14H24N4O2S/c1-5-8-9(4)11-10(12(15)19)13(21-17-11)16-14(20)18(6-2)7-3/h9H,5-8H2,1-4H3,(H2,15,19)(H,16,20). The predicted molar refractivity (Wildman–Crippen MR) is 85.9 cm³/mol. The van der Waals surface area contributed by atoms with E-state index in [2.05, 4.69) is 16.6 Å². The monoisotopic (exact) mass is 312 g/mol. The van der Waals surface area contributed by atoms with E-state index in [4.69, 9.17) is 5.73 Å². The van der Waals surface area contributed by atoms with Crippen LogP contribution in [0.4, 0.5) is 9.80 Å². The van der Waals surface area contributed by atoms with Gasteiger partial charge in [-0.3, -0.25) is 10.1 Å². The maximum absolute atomic E-state index is 12.1. The highest BCUT2D eigenvalue weighted by Crippen LogP contribution is 2.31. The highest BCUT2D eigenvalue weighted by Gasteiger charge is 2.24. The molecule has 0 bridgehead atoms. The number of hydrogen-bond acceptors (Lipinski definition) is 4. The fourth-order valence-electron chi connectivity index (χ4n) is 2.22. The van der Waals surface area contributed by atoms with E-state index in [0.717, 1.165) is 24.4 Å². The summed E-state index contributed by atoms with van der Waals surface area (Å²) in [7, 11) is 0. The Morgan fingerprint density at radius 2 is 1.95 bits per heavy atom. The predicted octanol–water partition coefficient (Wildman–Crippen LogP) is 3.02. The second-order valence-electron chi connectivity index (χ2n) is 4.93. The van der Waals surface area contributed by atoms with Crippen molar-refractivity contribution in [3.63, 3.8) is 0 Å². The van der Waals surface area contributed by atoms with Crippen LogP contribution in [0.2, 0.25) is 0 Å². The fraction of sp³-hybridized carbons (Fsp3) is 0.643. The SMILES string of the molecule is CCCC(C)c1nsc(NC(=O)N(CC)CC)c1C(N)=O. The molecule has 7 heteroatoms. The Kier molecular flexibility index (Phi) is 6.61. The van der Waals surface area contributed by atoms with Gasteiger partial charge in [-0.05, 0) is 31.8 Å². The first-order chi connectivity index (χ1) is 9.96. The Morgan fingerprint density at radius 3 is 2.43 bits per heavy atom. The molecule has 0 saturated carbocycles. The Balaban J connectivity index is 3.03. The number of carbonyl (C=O) groups is 2. The number of primary amides is 1. The summed E-state index contributed by atoms with van der Waals surface area (Å²) in [6.45, 7) is 9.11. The van der Waals surface area contributed by atoms with Crippen LogP contribution in [-0.2, 0) is 0 Å². The number of aromatic nitrogens is 1. The fourth-order valence-corrected chi connectivity index (χ4v) is 3.11. The van der Waals surface area contributed by atoms with Gasteiger partial charge in [0.1, 0.15) is 5.00 Å². The quantitative estimate of drug-likeness (QED) is 0.811. The van der Waals surface area contributed by atoms with E-state index < -0.39 is 5.91 Å². The zero-order chi connectivity index (χ0) is 16.0. The third-order valence-corrected chi connectivity index (χ3v) is 4.20. The van der Waals surface area contributed by atoms with E-state index in [9.17, 15) is 9.59 Å². The molecule has 0 aliphatic rings. The summed E-state index contributed by atoms with van der Waals surface area (Å²) >= 11 is 1.12. The number of hydrogen-bond donors (Lipinski definition) is 2. The van der Waals surface area contributed by atoms with Crippen LogP contribution in [0, 0.1) is 0 Å². The highest BCUT2D eigenvalue weighted by molar-refractivity contribution is 7.11. The summed E-state index contributed by atoms with van der Waals surface area (Å²) in [5.41, 5.74) is 6.51. The van der Waals surface area contributed by atoms with E-state index >= 15 is 0 Å². The zero-order valence-electron chi connectivity index (χ0n) is 13.1. The molecule has 0 saturated heterocycles. The number of nitrogens with two attached hydrogens (primary N) is 1. The van der Waals surface area contributed by atoms with Crippen molar-refractivity contribution in [3.05, 3.63) is 11.3 Å². The molecule has 118 valence electrons. The molecule has 1 atom stereocenters. The van der Waals surface area contributed by atoms with Gasteiger partial charge in [-0.2, -0.15) is 4.37 Å². The molecule has 1 rings (SSSR count). The second kappa shape index (κ2) is 7.97. The lowest BCUT2D eigenvalue weighted by Gasteiger charge is -2.18. The molecule has 0 fully saturated rings. The van der Waals surface area contributed by atoms with Crippen molar-refractivity contribution in [2.75, 3.05) is 18.4 Å². The van der Waals surface area contributed by atoms with E-state index in [1.807, 2.05) is 20.8 Å². The second-order valence-corrected chi connectivity index (χ2v) is 5.70. The summed E-state index contributed by atoms with van der Waals surface area (Å²) < 4.78 is 4.33. The van der Waals surface area contributed by atoms with E-state index in [-0.39, 0.29) is 11.9 Å². The van der Waals surface area contributed by atoms with Crippen molar-refractivity contribution in [1.82, 2.24) is 9.27 Å². The molecule has 1 aromatic heterocycles. The number of urea groups is 1. The summed E-state index contributed by atoms with van der Waals surface area (Å²) in [4.78, 5) is 25.5. The lowest BCUT2D eigenvalue weighted by Crippen LogP contribution is -2.34. The molecule has 6 nitrogen and oxygen atoms in total. The van der Waals surface area contributed by atoms with Crippen LogP contribution in [0.5, 0.6) is 0 Å². The number of nitrogens with one attached hydrogen (secondary N) is 1. The van der Waals surface area contributed by atoms with Crippen molar-refractivity contribution in [1.29, 1.82) is 0 Å². The maximum Gasteiger partial charge on any atom is 0.322 e. The molecule has 1 heterocycles. The minimum atomic E-state index is -0.545. The van der Waals surface area contributed by atoms with Gasteiger partial charge < -0.3 is 10.6 Å². The van der Waals surface area contributed by atoms with Crippen molar-refractivity contribution in [2.45, 2.75) is 46.5 Å². The third kappa shape index (κ3) is 4.17. The molecule has 21 heavy (non-hydrogen) atoms. The molecule has 3 N–H and O–H groups in total. The lowest BCUT2D eigenvalue weighted by atomic mass is 9.98. The van der Waals surface area contributed by atoms with Gasteiger partial charge in [0.05, 0.1) is 11.3 Å². The largest absolute Gasteiger partial charge is 0.365 e. The van der Waals surface area contributed by atoms with Crippen LogP contribution in [-0.4, -0.2) is 34.3 Å². The summed E-state index contributed by atoms with van der Waals surface area (Å²) in [5, 5.41) is 3.20. The number of amides is 3. The average Bonchev–Trinajstić information content (AvgIpc) is 2.84. The molecular formula is C14H24N4O2S. The van der Waals surface area contributed by atoms with Crippen molar-refractivity contribution in [3.8, 4) is 0 Å². The van der Waals surface area contributed by atoms with Gasteiger partial charge in [0.2, 0.25) is 0 Å². The Hall–Kier alpha value is -1.63. The molecule has 0 aliphatic carbocycles. The molecule has 0 radical (unpaired) electrons. The summed E-state index contributed by atoms with van der Waals surface area (Å²) in [6.07, 6.45) is 1.92. The van der Waals surface area contributed by atoms with E-state index in [1.54, 1.807) is 4.90 Å². The highest BCUT2D eigenvalue weighted by atomic mass is 32.1. The van der Waals surface area contributed by atoms with Crippen molar-refractivity contribution >= 4 is 28.5 Å². The lowest BCUT2D eigenvalue weighted by molar-refractivity contribution is 0.1000. The number of nitrogens with zero attached hydrogens (tertiary/aromatic N) is 2. The zero-order valence-corrected chi connectivity index (χ0v) is 13.9. The van der Waals surface area contributed by atoms with Crippen LogP contribution in [0.15, 0.2) is 0 Å². The van der Waals surface area contributed by atoms with Crippen LogP contribution in [0.3, 0.4) is 0 Å². The van der Waals surface area contributed by atoms with Crippen LogP contribution < -0.4 is 11.1 Å². The van der Waals surface area contributed by atoms with Gasteiger partial charge in [-0.1, -0.05) is 20.3 Å². The summed E-state index contributed by atoms with van der Waals surface area (Å²) in [5.74, 6) is -0.399. The number of carbonyl (C=O) groups excluding carboxylic acids is 2.